The van der Waals surface area contributed by atoms with Gasteiger partial charge in [-0.15, -0.1) is 0 Å². The lowest BCUT2D eigenvalue weighted by atomic mass is 10.1. The molecule has 0 unspecified atom stereocenters. The normalized spacial score (nSPS) is 14.8. The fourth-order valence-electron chi connectivity index (χ4n) is 1.78. The van der Waals surface area contributed by atoms with Crippen molar-refractivity contribution in [1.29, 1.82) is 0 Å². The zero-order valence-corrected chi connectivity index (χ0v) is 9.63. The topological polar surface area (TPSA) is 35.3 Å². The Morgan fingerprint density at radius 1 is 1.29 bits per heavy atom. The van der Waals surface area contributed by atoms with Gasteiger partial charge in [0.05, 0.1) is 12.3 Å². The number of hydrogen-bond donors (Lipinski definition) is 0. The average molecular weight is 229 g/mol. The summed E-state index contributed by atoms with van der Waals surface area (Å²) in [6.45, 7) is 0.855. The van der Waals surface area contributed by atoms with Crippen molar-refractivity contribution < 1.29 is 9.26 Å². The minimum atomic E-state index is 0.786. The maximum atomic E-state index is 5.75. The Kier molecular flexibility index (Phi) is 2.82. The molecule has 0 radical (unpaired) electrons. The van der Waals surface area contributed by atoms with Crippen LogP contribution in [0.15, 0.2) is 41.1 Å². The molecule has 0 saturated heterocycles. The molecule has 0 bridgehead atoms. The van der Waals surface area contributed by atoms with Crippen molar-refractivity contribution in [3.63, 3.8) is 0 Å². The third-order valence-corrected chi connectivity index (χ3v) is 2.96. The summed E-state index contributed by atoms with van der Waals surface area (Å²) in [6.07, 6.45) is 5.02. The fraction of sp³-hybridized carbons (Fsp3) is 0.357. The molecule has 2 aromatic rings. The summed E-state index contributed by atoms with van der Waals surface area (Å²) in [5.74, 6) is 1.74. The van der Waals surface area contributed by atoms with Gasteiger partial charge in [0.2, 0.25) is 0 Å². The van der Waals surface area contributed by atoms with Gasteiger partial charge in [-0.2, -0.15) is 0 Å². The zero-order chi connectivity index (χ0) is 11.5. The van der Waals surface area contributed by atoms with Crippen LogP contribution in [-0.4, -0.2) is 11.8 Å². The molecular weight excluding hydrogens is 214 g/mol. The minimum absolute atomic E-state index is 0.786. The molecule has 1 aliphatic rings. The highest BCUT2D eigenvalue weighted by atomic mass is 16.5. The molecule has 1 heterocycles. The van der Waals surface area contributed by atoms with E-state index in [1.807, 2.05) is 18.2 Å². The van der Waals surface area contributed by atoms with Crippen LogP contribution in [0.1, 0.15) is 24.1 Å². The average Bonchev–Trinajstić information content (AvgIpc) is 3.05. The smallest absolute Gasteiger partial charge is 0.124 e. The van der Waals surface area contributed by atoms with Gasteiger partial charge in [-0.1, -0.05) is 17.3 Å². The third kappa shape index (κ3) is 2.87. The van der Waals surface area contributed by atoms with Crippen molar-refractivity contribution in [2.24, 2.45) is 5.92 Å². The Morgan fingerprint density at radius 3 is 3.00 bits per heavy atom. The lowest BCUT2D eigenvalue weighted by Gasteiger charge is -2.06. The van der Waals surface area contributed by atoms with E-state index in [0.717, 1.165) is 30.4 Å². The Bertz CT molecular complexity index is 475. The summed E-state index contributed by atoms with van der Waals surface area (Å²) in [5, 5.41) is 3.91. The largest absolute Gasteiger partial charge is 0.493 e. The summed E-state index contributed by atoms with van der Waals surface area (Å²) in [7, 11) is 0. The molecule has 0 spiro atoms. The van der Waals surface area contributed by atoms with Crippen molar-refractivity contribution in [3.05, 3.63) is 47.9 Å². The van der Waals surface area contributed by atoms with Crippen molar-refractivity contribution in [1.82, 2.24) is 5.16 Å². The number of benzene rings is 1. The van der Waals surface area contributed by atoms with Crippen molar-refractivity contribution in [3.8, 4) is 5.75 Å². The van der Waals surface area contributed by atoms with Gasteiger partial charge in [-0.3, -0.25) is 0 Å². The molecule has 0 aliphatic heterocycles. The van der Waals surface area contributed by atoms with E-state index in [2.05, 4.69) is 17.3 Å². The van der Waals surface area contributed by atoms with Crippen LogP contribution in [0.3, 0.4) is 0 Å². The second-order valence-corrected chi connectivity index (χ2v) is 4.57. The molecule has 88 valence electrons. The highest BCUT2D eigenvalue weighted by Crippen LogP contribution is 2.29. The van der Waals surface area contributed by atoms with E-state index in [1.54, 1.807) is 6.26 Å². The Hall–Kier alpha value is -1.77. The lowest BCUT2D eigenvalue weighted by Crippen LogP contribution is -1.99. The number of nitrogens with zero attached hydrogens (tertiary/aromatic N) is 1. The predicted octanol–water partition coefficient (Wildman–Crippen LogP) is 3.05. The van der Waals surface area contributed by atoms with E-state index < -0.39 is 0 Å². The maximum absolute atomic E-state index is 5.75. The van der Waals surface area contributed by atoms with E-state index >= 15 is 0 Å². The summed E-state index contributed by atoms with van der Waals surface area (Å²) < 4.78 is 10.6. The summed E-state index contributed by atoms with van der Waals surface area (Å²) >= 11 is 0. The van der Waals surface area contributed by atoms with Crippen LogP contribution in [0, 0.1) is 5.92 Å². The standard InChI is InChI=1S/C14H15NO2/c1-2-12(8-13-6-7-17-15-13)9-14(3-1)16-10-11-4-5-11/h1-3,6-7,9,11H,4-5,8,10H2. The molecule has 17 heavy (non-hydrogen) atoms. The number of rotatable bonds is 5. The predicted molar refractivity (Wildman–Crippen MR) is 64.0 cm³/mol. The first-order valence-electron chi connectivity index (χ1n) is 6.01. The van der Waals surface area contributed by atoms with Crippen LogP contribution in [0.25, 0.3) is 0 Å². The number of ether oxygens (including phenoxy) is 1. The third-order valence-electron chi connectivity index (χ3n) is 2.96. The highest BCUT2D eigenvalue weighted by molar-refractivity contribution is 5.30. The van der Waals surface area contributed by atoms with Crippen LogP contribution in [0.2, 0.25) is 0 Å². The molecule has 1 saturated carbocycles. The molecule has 1 aromatic heterocycles. The first-order chi connectivity index (χ1) is 8.40. The molecule has 1 fully saturated rings. The first-order valence-corrected chi connectivity index (χ1v) is 6.01. The van der Waals surface area contributed by atoms with Gasteiger partial charge in [-0.25, -0.2) is 0 Å². The van der Waals surface area contributed by atoms with Gasteiger partial charge >= 0.3 is 0 Å². The van der Waals surface area contributed by atoms with Crippen LogP contribution in [0.4, 0.5) is 0 Å². The molecule has 0 atom stereocenters. The zero-order valence-electron chi connectivity index (χ0n) is 9.63. The Morgan fingerprint density at radius 2 is 2.24 bits per heavy atom. The van der Waals surface area contributed by atoms with Gasteiger partial charge in [0.25, 0.3) is 0 Å². The van der Waals surface area contributed by atoms with E-state index in [-0.39, 0.29) is 0 Å². The van der Waals surface area contributed by atoms with Crippen LogP contribution in [0.5, 0.6) is 5.75 Å². The van der Waals surface area contributed by atoms with Gasteiger partial charge in [0.15, 0.2) is 0 Å². The van der Waals surface area contributed by atoms with E-state index in [4.69, 9.17) is 9.26 Å². The van der Waals surface area contributed by atoms with E-state index in [9.17, 15) is 0 Å². The molecule has 0 amide bonds. The molecule has 1 aromatic carbocycles. The molecule has 3 rings (SSSR count). The quantitative estimate of drug-likeness (QED) is 0.790. The van der Waals surface area contributed by atoms with E-state index in [1.165, 1.54) is 18.4 Å². The van der Waals surface area contributed by atoms with Gasteiger partial charge in [-0.05, 0) is 36.5 Å². The van der Waals surface area contributed by atoms with Crippen LogP contribution in [-0.2, 0) is 6.42 Å². The Balaban J connectivity index is 1.65. The molecule has 1 aliphatic carbocycles. The number of aromatic nitrogens is 1. The van der Waals surface area contributed by atoms with Crippen LogP contribution >= 0.6 is 0 Å². The van der Waals surface area contributed by atoms with Crippen molar-refractivity contribution >= 4 is 0 Å². The van der Waals surface area contributed by atoms with Crippen LogP contribution < -0.4 is 4.74 Å². The number of hydrogen-bond acceptors (Lipinski definition) is 3. The summed E-state index contributed by atoms with van der Waals surface area (Å²) in [6, 6.07) is 10.1. The molecule has 3 nitrogen and oxygen atoms in total. The summed E-state index contributed by atoms with van der Waals surface area (Å²) in [4.78, 5) is 0. The minimum Gasteiger partial charge on any atom is -0.493 e. The second kappa shape index (κ2) is 4.62. The SMILES string of the molecule is c1cc(Cc2ccon2)cc(OCC2CC2)c1. The maximum Gasteiger partial charge on any atom is 0.124 e. The van der Waals surface area contributed by atoms with Crippen molar-refractivity contribution in [2.75, 3.05) is 6.61 Å². The molecule has 0 N–H and O–H groups in total. The van der Waals surface area contributed by atoms with Gasteiger partial charge in [0.1, 0.15) is 12.0 Å². The molecular formula is C14H15NO2. The van der Waals surface area contributed by atoms with E-state index in [0.29, 0.717) is 0 Å². The monoisotopic (exact) mass is 229 g/mol. The van der Waals surface area contributed by atoms with Gasteiger partial charge < -0.3 is 9.26 Å². The second-order valence-electron chi connectivity index (χ2n) is 4.57. The fourth-order valence-corrected chi connectivity index (χ4v) is 1.78. The highest BCUT2D eigenvalue weighted by Gasteiger charge is 2.21. The van der Waals surface area contributed by atoms with Gasteiger partial charge in [0, 0.05) is 12.5 Å². The first kappa shape index (κ1) is 10.4. The molecule has 3 heteroatoms. The van der Waals surface area contributed by atoms with Crippen molar-refractivity contribution in [2.45, 2.75) is 19.3 Å². The summed E-state index contributed by atoms with van der Waals surface area (Å²) in [5.41, 5.74) is 2.15. The lowest BCUT2D eigenvalue weighted by molar-refractivity contribution is 0.299. The Labute approximate surface area is 100 Å².